The van der Waals surface area contributed by atoms with Gasteiger partial charge in [-0.05, 0) is 36.8 Å². The third-order valence-electron chi connectivity index (χ3n) is 6.38. The van der Waals surface area contributed by atoms with E-state index in [1.54, 1.807) is 0 Å². The van der Waals surface area contributed by atoms with E-state index in [1.165, 1.54) is 0 Å². The van der Waals surface area contributed by atoms with Crippen LogP contribution in [0.1, 0.15) is 23.7 Å². The molecule has 3 heterocycles. The molecule has 182 valence electrons. The van der Waals surface area contributed by atoms with Crippen molar-refractivity contribution in [2.24, 2.45) is 0 Å². The molecule has 2 aliphatic rings. The van der Waals surface area contributed by atoms with Crippen LogP contribution in [0.5, 0.6) is 11.5 Å². The largest absolute Gasteiger partial charge is 0.486 e. The normalized spacial score (nSPS) is 15.7. The van der Waals surface area contributed by atoms with E-state index in [4.69, 9.17) is 14.5 Å². The van der Waals surface area contributed by atoms with Crippen molar-refractivity contribution < 1.29 is 19.1 Å². The fraction of sp³-hybridized carbons (Fsp3) is 0.370. The molecule has 0 radical (unpaired) electrons. The van der Waals surface area contributed by atoms with E-state index in [9.17, 15) is 9.59 Å². The van der Waals surface area contributed by atoms with Crippen LogP contribution in [0.3, 0.4) is 0 Å². The Hall–Kier alpha value is -3.65. The van der Waals surface area contributed by atoms with Crippen LogP contribution in [0.15, 0.2) is 48.5 Å². The van der Waals surface area contributed by atoms with Gasteiger partial charge in [0.1, 0.15) is 13.2 Å². The molecule has 0 aliphatic carbocycles. The predicted molar refractivity (Wildman–Crippen MR) is 134 cm³/mol. The zero-order chi connectivity index (χ0) is 24.2. The van der Waals surface area contributed by atoms with Crippen LogP contribution >= 0.6 is 0 Å². The maximum absolute atomic E-state index is 13.7. The Balaban J connectivity index is 1.37. The van der Waals surface area contributed by atoms with Crippen molar-refractivity contribution in [2.75, 3.05) is 52.5 Å². The van der Waals surface area contributed by atoms with Crippen molar-refractivity contribution in [1.82, 2.24) is 20.1 Å². The van der Waals surface area contributed by atoms with Crippen molar-refractivity contribution >= 4 is 22.7 Å². The molecule has 0 saturated carbocycles. The van der Waals surface area contributed by atoms with E-state index >= 15 is 0 Å². The van der Waals surface area contributed by atoms with Crippen LogP contribution in [0.4, 0.5) is 0 Å². The fourth-order valence-corrected chi connectivity index (χ4v) is 4.51. The number of rotatable bonds is 6. The smallest absolute Gasteiger partial charge is 0.254 e. The predicted octanol–water partition coefficient (Wildman–Crippen LogP) is 2.96. The molecule has 2 amide bonds. The first kappa shape index (κ1) is 23.1. The number of benzene rings is 2. The topological polar surface area (TPSA) is 84.0 Å². The first-order chi connectivity index (χ1) is 17.1. The van der Waals surface area contributed by atoms with E-state index in [2.05, 4.69) is 10.2 Å². The highest BCUT2D eigenvalue weighted by molar-refractivity contribution is 6.07. The second-order valence-electron chi connectivity index (χ2n) is 8.85. The third-order valence-corrected chi connectivity index (χ3v) is 6.38. The summed E-state index contributed by atoms with van der Waals surface area (Å²) >= 11 is 0. The average molecular weight is 475 g/mol. The molecule has 0 bridgehead atoms. The molecule has 35 heavy (non-hydrogen) atoms. The second-order valence-corrected chi connectivity index (χ2v) is 8.85. The summed E-state index contributed by atoms with van der Waals surface area (Å²) in [5.41, 5.74) is 3.00. The number of amides is 2. The number of ether oxygens (including phenoxy) is 2. The maximum atomic E-state index is 13.7. The van der Waals surface area contributed by atoms with Crippen molar-refractivity contribution in [3.8, 4) is 22.8 Å². The fourth-order valence-electron chi connectivity index (χ4n) is 4.51. The molecule has 0 atom stereocenters. The summed E-state index contributed by atoms with van der Waals surface area (Å²) in [4.78, 5) is 34.5. The van der Waals surface area contributed by atoms with Gasteiger partial charge in [0.25, 0.3) is 5.91 Å². The lowest BCUT2D eigenvalue weighted by atomic mass is 10.0. The number of aromatic nitrogens is 1. The van der Waals surface area contributed by atoms with Crippen LogP contribution < -0.4 is 14.8 Å². The van der Waals surface area contributed by atoms with Crippen molar-refractivity contribution in [1.29, 1.82) is 0 Å². The quantitative estimate of drug-likeness (QED) is 0.592. The summed E-state index contributed by atoms with van der Waals surface area (Å²) in [6, 6.07) is 15.4. The van der Waals surface area contributed by atoms with E-state index in [0.29, 0.717) is 63.8 Å². The lowest BCUT2D eigenvalue weighted by Gasteiger charge is -2.34. The third kappa shape index (κ3) is 5.07. The monoisotopic (exact) mass is 474 g/mol. The van der Waals surface area contributed by atoms with Crippen LogP contribution in [0.25, 0.3) is 22.2 Å². The minimum atomic E-state index is -0.0162. The van der Waals surface area contributed by atoms with Gasteiger partial charge in [0.2, 0.25) is 5.91 Å². The van der Waals surface area contributed by atoms with Crippen LogP contribution in [0, 0.1) is 0 Å². The first-order valence-electron chi connectivity index (χ1n) is 12.2. The molecule has 3 aromatic rings. The molecular weight excluding hydrogens is 444 g/mol. The Kier molecular flexibility index (Phi) is 6.81. The molecule has 5 rings (SSSR count). The molecule has 1 fully saturated rings. The zero-order valence-electron chi connectivity index (χ0n) is 20.0. The van der Waals surface area contributed by atoms with E-state index in [1.807, 2.05) is 60.4 Å². The molecule has 0 spiro atoms. The zero-order valence-corrected chi connectivity index (χ0v) is 20.0. The van der Waals surface area contributed by atoms with Gasteiger partial charge in [0.15, 0.2) is 11.5 Å². The highest BCUT2D eigenvalue weighted by Gasteiger charge is 2.25. The van der Waals surface area contributed by atoms with E-state index in [0.717, 1.165) is 34.3 Å². The summed E-state index contributed by atoms with van der Waals surface area (Å²) in [7, 11) is 0. The lowest BCUT2D eigenvalue weighted by molar-refractivity contribution is -0.122. The Morgan fingerprint density at radius 3 is 2.54 bits per heavy atom. The number of pyridine rings is 1. The van der Waals surface area contributed by atoms with Gasteiger partial charge in [-0.3, -0.25) is 14.5 Å². The average Bonchev–Trinajstić information content (AvgIpc) is 2.91. The molecule has 2 aliphatic heterocycles. The number of carbonyl (C=O) groups excluding carboxylic acids is 2. The van der Waals surface area contributed by atoms with Gasteiger partial charge < -0.3 is 19.7 Å². The summed E-state index contributed by atoms with van der Waals surface area (Å²) in [5, 5.41) is 3.75. The van der Waals surface area contributed by atoms with Gasteiger partial charge in [0.05, 0.1) is 23.3 Å². The number of carbonyl (C=O) groups is 2. The summed E-state index contributed by atoms with van der Waals surface area (Å²) < 4.78 is 11.4. The Morgan fingerprint density at radius 2 is 1.74 bits per heavy atom. The summed E-state index contributed by atoms with van der Waals surface area (Å²) in [6.07, 6.45) is 0.919. The Bertz CT molecular complexity index is 1240. The van der Waals surface area contributed by atoms with Crippen molar-refractivity contribution in [2.45, 2.75) is 13.3 Å². The SMILES string of the molecule is CCCNC(=O)CN1CCN(C(=O)c2cc(-c3ccc4c(c3)OCCO4)nc3ccccc23)CC1. The van der Waals surface area contributed by atoms with Gasteiger partial charge in [-0.25, -0.2) is 4.98 Å². The van der Waals surface area contributed by atoms with Crippen molar-refractivity contribution in [3.05, 3.63) is 54.1 Å². The second kappa shape index (κ2) is 10.3. The Labute approximate surface area is 204 Å². The molecule has 8 heteroatoms. The summed E-state index contributed by atoms with van der Waals surface area (Å²) in [5.74, 6) is 1.43. The van der Waals surface area contributed by atoms with Crippen LogP contribution in [-0.4, -0.2) is 79.1 Å². The number of hydrogen-bond donors (Lipinski definition) is 1. The van der Waals surface area contributed by atoms with Crippen molar-refractivity contribution in [3.63, 3.8) is 0 Å². The van der Waals surface area contributed by atoms with Gasteiger partial charge in [-0.1, -0.05) is 25.1 Å². The van der Waals surface area contributed by atoms with Gasteiger partial charge >= 0.3 is 0 Å². The number of nitrogens with one attached hydrogen (secondary N) is 1. The number of fused-ring (bicyclic) bond motifs is 2. The minimum absolute atomic E-state index is 0.0162. The molecule has 1 N–H and O–H groups in total. The highest BCUT2D eigenvalue weighted by atomic mass is 16.6. The number of para-hydroxylation sites is 1. The Morgan fingerprint density at radius 1 is 0.971 bits per heavy atom. The number of hydrogen-bond acceptors (Lipinski definition) is 6. The molecule has 1 saturated heterocycles. The standard InChI is InChI=1S/C27H30N4O4/c1-2-9-28-26(32)18-30-10-12-31(13-11-30)27(33)21-17-23(29-22-6-4-3-5-20(21)22)19-7-8-24-25(16-19)35-15-14-34-24/h3-8,16-17H,2,9-15,18H2,1H3,(H,28,32). The summed E-state index contributed by atoms with van der Waals surface area (Å²) in [6.45, 7) is 6.64. The number of nitrogens with zero attached hydrogens (tertiary/aromatic N) is 3. The van der Waals surface area contributed by atoms with Gasteiger partial charge in [0, 0.05) is 43.7 Å². The highest BCUT2D eigenvalue weighted by Crippen LogP contribution is 2.35. The molecular formula is C27H30N4O4. The minimum Gasteiger partial charge on any atom is -0.486 e. The lowest BCUT2D eigenvalue weighted by Crippen LogP contribution is -2.51. The van der Waals surface area contributed by atoms with Gasteiger partial charge in [-0.15, -0.1) is 0 Å². The molecule has 1 aromatic heterocycles. The maximum Gasteiger partial charge on any atom is 0.254 e. The molecule has 8 nitrogen and oxygen atoms in total. The van der Waals surface area contributed by atoms with E-state index in [-0.39, 0.29) is 11.8 Å². The molecule has 2 aromatic carbocycles. The van der Waals surface area contributed by atoms with Gasteiger partial charge in [-0.2, -0.15) is 0 Å². The van der Waals surface area contributed by atoms with Crippen LogP contribution in [0.2, 0.25) is 0 Å². The first-order valence-corrected chi connectivity index (χ1v) is 12.2. The number of piperazine rings is 1. The van der Waals surface area contributed by atoms with E-state index < -0.39 is 0 Å². The van der Waals surface area contributed by atoms with Crippen LogP contribution in [-0.2, 0) is 4.79 Å². The molecule has 0 unspecified atom stereocenters.